The number of fused-ring (bicyclic) bond motifs is 1. The van der Waals surface area contributed by atoms with Crippen LogP contribution in [0.3, 0.4) is 0 Å². The second-order valence-corrected chi connectivity index (χ2v) is 8.42. The molecule has 1 N–H and O–H groups in total. The van der Waals surface area contributed by atoms with Gasteiger partial charge >= 0.3 is 0 Å². The highest BCUT2D eigenvalue weighted by molar-refractivity contribution is 7.93. The summed E-state index contributed by atoms with van der Waals surface area (Å²) in [7, 11) is -3.55. The molecule has 0 bridgehead atoms. The van der Waals surface area contributed by atoms with Gasteiger partial charge in [0.1, 0.15) is 0 Å². The van der Waals surface area contributed by atoms with Crippen LogP contribution in [0.25, 0.3) is 0 Å². The molecule has 1 aliphatic carbocycles. The quantitative estimate of drug-likeness (QED) is 0.942. The number of anilines is 1. The average molecular weight is 322 g/mol. The summed E-state index contributed by atoms with van der Waals surface area (Å²) in [4.78, 5) is 5.93. The fraction of sp³-hybridized carbons (Fsp3) is 0.400. The van der Waals surface area contributed by atoms with E-state index in [0.29, 0.717) is 11.0 Å². The first kappa shape index (κ1) is 14.5. The monoisotopic (exact) mass is 322 g/mol. The standard InChI is InChI=1S/C15H18N2O2S2/c1-10-3-6-12(7-4-10)21(18,19)17-15-16-13-8-5-11(2)9-14(13)20-15/h3-4,6-7,11H,5,8-9H2,1-2H3,(H,16,17)/t11-/m1/s1. The van der Waals surface area contributed by atoms with Crippen LogP contribution in [0.15, 0.2) is 29.2 Å². The van der Waals surface area contributed by atoms with Crippen molar-refractivity contribution in [3.05, 3.63) is 40.4 Å². The van der Waals surface area contributed by atoms with Crippen LogP contribution in [-0.4, -0.2) is 13.4 Å². The normalized spacial score (nSPS) is 18.3. The van der Waals surface area contributed by atoms with Crippen LogP contribution >= 0.6 is 11.3 Å². The molecule has 112 valence electrons. The Morgan fingerprint density at radius 1 is 1.29 bits per heavy atom. The van der Waals surface area contributed by atoms with E-state index in [1.807, 2.05) is 6.92 Å². The first-order valence-corrected chi connectivity index (χ1v) is 9.32. The molecule has 0 saturated carbocycles. The van der Waals surface area contributed by atoms with Crippen LogP contribution < -0.4 is 4.72 Å². The first-order chi connectivity index (χ1) is 9.94. The Labute approximate surface area is 129 Å². The number of hydrogen-bond donors (Lipinski definition) is 1. The largest absolute Gasteiger partial charge is 0.263 e. The minimum Gasteiger partial charge on any atom is -0.255 e. The Bertz CT molecular complexity index is 748. The summed E-state index contributed by atoms with van der Waals surface area (Å²) in [5.41, 5.74) is 2.09. The number of aromatic nitrogens is 1. The molecule has 0 spiro atoms. The van der Waals surface area contributed by atoms with Gasteiger partial charge in [-0.3, -0.25) is 4.72 Å². The Morgan fingerprint density at radius 2 is 2.00 bits per heavy atom. The third-order valence-corrected chi connectivity index (χ3v) is 6.26. The SMILES string of the molecule is Cc1ccc(S(=O)(=O)Nc2nc3c(s2)C[C@H](C)CC3)cc1. The summed E-state index contributed by atoms with van der Waals surface area (Å²) < 4.78 is 27.3. The van der Waals surface area contributed by atoms with Crippen LogP contribution in [0.4, 0.5) is 5.13 Å². The zero-order valence-corrected chi connectivity index (χ0v) is 13.7. The van der Waals surface area contributed by atoms with Crippen molar-refractivity contribution in [3.63, 3.8) is 0 Å². The van der Waals surface area contributed by atoms with Crippen molar-refractivity contribution in [2.75, 3.05) is 4.72 Å². The van der Waals surface area contributed by atoms with E-state index in [1.165, 1.54) is 16.2 Å². The van der Waals surface area contributed by atoms with Gasteiger partial charge in [-0.1, -0.05) is 24.6 Å². The molecule has 0 saturated heterocycles. The van der Waals surface area contributed by atoms with Crippen molar-refractivity contribution in [1.29, 1.82) is 0 Å². The third-order valence-electron chi connectivity index (χ3n) is 3.74. The fourth-order valence-corrected chi connectivity index (χ4v) is 4.88. The van der Waals surface area contributed by atoms with E-state index < -0.39 is 10.0 Å². The van der Waals surface area contributed by atoms with Crippen molar-refractivity contribution in [2.45, 2.75) is 38.0 Å². The Hall–Kier alpha value is -1.40. The number of rotatable bonds is 3. The van der Waals surface area contributed by atoms with E-state index in [-0.39, 0.29) is 4.90 Å². The lowest BCUT2D eigenvalue weighted by Gasteiger charge is -2.15. The van der Waals surface area contributed by atoms with Gasteiger partial charge in [0.05, 0.1) is 10.6 Å². The minimum absolute atomic E-state index is 0.273. The maximum atomic E-state index is 12.3. The van der Waals surface area contributed by atoms with Crippen LogP contribution in [0, 0.1) is 12.8 Å². The first-order valence-electron chi connectivity index (χ1n) is 7.02. The molecule has 21 heavy (non-hydrogen) atoms. The summed E-state index contributed by atoms with van der Waals surface area (Å²) in [6.45, 7) is 4.15. The maximum Gasteiger partial charge on any atom is 0.263 e. The smallest absolute Gasteiger partial charge is 0.255 e. The number of sulfonamides is 1. The lowest BCUT2D eigenvalue weighted by molar-refractivity contribution is 0.502. The Balaban J connectivity index is 1.84. The van der Waals surface area contributed by atoms with Crippen molar-refractivity contribution < 1.29 is 8.42 Å². The van der Waals surface area contributed by atoms with Crippen LogP contribution in [0.2, 0.25) is 0 Å². The number of nitrogens with one attached hydrogen (secondary N) is 1. The van der Waals surface area contributed by atoms with Gasteiger partial charge in [0, 0.05) is 4.88 Å². The average Bonchev–Trinajstić information content (AvgIpc) is 2.79. The molecule has 1 aliphatic rings. The molecule has 6 heteroatoms. The lowest BCUT2D eigenvalue weighted by Crippen LogP contribution is -2.13. The van der Waals surface area contributed by atoms with Crippen molar-refractivity contribution in [1.82, 2.24) is 4.98 Å². The van der Waals surface area contributed by atoms with E-state index in [1.54, 1.807) is 24.3 Å². The predicted octanol–water partition coefficient (Wildman–Crippen LogP) is 3.38. The maximum absolute atomic E-state index is 12.3. The highest BCUT2D eigenvalue weighted by Gasteiger charge is 2.22. The topological polar surface area (TPSA) is 59.1 Å². The van der Waals surface area contributed by atoms with E-state index in [2.05, 4.69) is 16.6 Å². The molecule has 0 radical (unpaired) electrons. The van der Waals surface area contributed by atoms with E-state index in [9.17, 15) is 8.42 Å². The summed E-state index contributed by atoms with van der Waals surface area (Å²) in [5, 5.41) is 0.481. The summed E-state index contributed by atoms with van der Waals surface area (Å²) in [6.07, 6.45) is 3.07. The molecule has 1 atom stereocenters. The lowest BCUT2D eigenvalue weighted by atomic mass is 9.93. The van der Waals surface area contributed by atoms with Gasteiger partial charge in [-0.05, 0) is 44.2 Å². The molecule has 1 heterocycles. The summed E-state index contributed by atoms with van der Waals surface area (Å²) >= 11 is 1.46. The second-order valence-electron chi connectivity index (χ2n) is 5.66. The number of aryl methyl sites for hydroxylation is 2. The minimum atomic E-state index is -3.55. The van der Waals surface area contributed by atoms with Gasteiger partial charge in [-0.25, -0.2) is 13.4 Å². The van der Waals surface area contributed by atoms with Crippen LogP contribution in [0.5, 0.6) is 0 Å². The molecule has 0 aliphatic heterocycles. The van der Waals surface area contributed by atoms with E-state index in [0.717, 1.165) is 30.5 Å². The van der Waals surface area contributed by atoms with Crippen molar-refractivity contribution in [3.8, 4) is 0 Å². The van der Waals surface area contributed by atoms with Crippen LogP contribution in [0.1, 0.15) is 29.5 Å². The molecule has 3 rings (SSSR count). The van der Waals surface area contributed by atoms with Gasteiger partial charge < -0.3 is 0 Å². The van der Waals surface area contributed by atoms with Gasteiger partial charge in [0.2, 0.25) is 0 Å². The number of hydrogen-bond acceptors (Lipinski definition) is 4. The second kappa shape index (κ2) is 5.42. The molecule has 0 amide bonds. The number of benzene rings is 1. The van der Waals surface area contributed by atoms with Gasteiger partial charge in [0.25, 0.3) is 10.0 Å². The Kier molecular flexibility index (Phi) is 3.75. The number of nitrogens with zero attached hydrogens (tertiary/aromatic N) is 1. The molecular formula is C15H18N2O2S2. The molecule has 0 unspecified atom stereocenters. The van der Waals surface area contributed by atoms with Gasteiger partial charge in [-0.15, -0.1) is 11.3 Å². The molecule has 0 fully saturated rings. The highest BCUT2D eigenvalue weighted by atomic mass is 32.2. The summed E-state index contributed by atoms with van der Waals surface area (Å²) in [6, 6.07) is 6.83. The third kappa shape index (κ3) is 3.11. The number of thiazole rings is 1. The van der Waals surface area contributed by atoms with Crippen molar-refractivity contribution in [2.24, 2.45) is 5.92 Å². The molecule has 1 aromatic heterocycles. The molecular weight excluding hydrogens is 304 g/mol. The Morgan fingerprint density at radius 3 is 2.71 bits per heavy atom. The van der Waals surface area contributed by atoms with Gasteiger partial charge in [0.15, 0.2) is 5.13 Å². The zero-order valence-electron chi connectivity index (χ0n) is 12.1. The highest BCUT2D eigenvalue weighted by Crippen LogP contribution is 2.33. The van der Waals surface area contributed by atoms with Gasteiger partial charge in [-0.2, -0.15) is 0 Å². The van der Waals surface area contributed by atoms with Crippen molar-refractivity contribution >= 4 is 26.5 Å². The molecule has 2 aromatic rings. The van der Waals surface area contributed by atoms with E-state index in [4.69, 9.17) is 0 Å². The fourth-order valence-electron chi connectivity index (χ4n) is 2.47. The molecule has 1 aromatic carbocycles. The predicted molar refractivity (Wildman–Crippen MR) is 85.3 cm³/mol. The van der Waals surface area contributed by atoms with E-state index >= 15 is 0 Å². The summed E-state index contributed by atoms with van der Waals surface area (Å²) in [5.74, 6) is 0.652. The zero-order chi connectivity index (χ0) is 15.0. The molecule has 4 nitrogen and oxygen atoms in total. The van der Waals surface area contributed by atoms with Crippen LogP contribution in [-0.2, 0) is 22.9 Å².